The zero-order valence-electron chi connectivity index (χ0n) is 16.4. The molecule has 29 heavy (non-hydrogen) atoms. The van der Waals surface area contributed by atoms with E-state index >= 15 is 0 Å². The molecule has 2 aliphatic heterocycles. The molecule has 2 bridgehead atoms. The lowest BCUT2D eigenvalue weighted by molar-refractivity contribution is -0.0188. The molecule has 3 heterocycles. The normalized spacial score (nSPS) is 25.7. The number of nitrogens with one attached hydrogen (secondary N) is 1. The Morgan fingerprint density at radius 3 is 2.41 bits per heavy atom. The van der Waals surface area contributed by atoms with Gasteiger partial charge in [0.2, 0.25) is 0 Å². The Morgan fingerprint density at radius 1 is 1.10 bits per heavy atom. The van der Waals surface area contributed by atoms with E-state index in [1.54, 1.807) is 0 Å². The lowest BCUT2D eigenvalue weighted by atomic mass is 9.72. The summed E-state index contributed by atoms with van der Waals surface area (Å²) in [5, 5.41) is 10.2. The number of thiol groups is 1. The van der Waals surface area contributed by atoms with Crippen LogP contribution in [-0.4, -0.2) is 22.2 Å². The number of aryl methyl sites for hydroxylation is 1. The van der Waals surface area contributed by atoms with Gasteiger partial charge in [0.1, 0.15) is 5.82 Å². The van der Waals surface area contributed by atoms with Crippen molar-refractivity contribution in [3.8, 4) is 28.5 Å². The van der Waals surface area contributed by atoms with E-state index in [9.17, 15) is 5.26 Å². The van der Waals surface area contributed by atoms with Crippen molar-refractivity contribution in [2.75, 3.05) is 0 Å². The standard InChI is InChI=1S/C24H23N3OS/c1-15-26-13-22(27-15)17-7-5-16(6-8-17)20-3-2-4-21(23(20)29)24(14-25)11-18-9-10-19(12-24)28-18/h2-8,13,18-19,29H,9-12H2,1H3,(H,26,27). The third kappa shape index (κ3) is 3.17. The number of nitriles is 1. The van der Waals surface area contributed by atoms with Crippen LogP contribution in [0.3, 0.4) is 0 Å². The van der Waals surface area contributed by atoms with Crippen molar-refractivity contribution in [2.45, 2.75) is 55.1 Å². The maximum Gasteiger partial charge on any atom is 0.103 e. The molecule has 0 spiro atoms. The fourth-order valence-corrected chi connectivity index (χ4v) is 5.36. The van der Waals surface area contributed by atoms with Crippen molar-refractivity contribution in [2.24, 2.45) is 0 Å². The van der Waals surface area contributed by atoms with E-state index in [-0.39, 0.29) is 12.2 Å². The van der Waals surface area contributed by atoms with Crippen LogP contribution in [0.2, 0.25) is 0 Å². The third-order valence-electron chi connectivity index (χ3n) is 6.32. The molecular formula is C24H23N3OS. The van der Waals surface area contributed by atoms with Gasteiger partial charge in [0.15, 0.2) is 0 Å². The second-order valence-electron chi connectivity index (χ2n) is 8.22. The van der Waals surface area contributed by atoms with Crippen LogP contribution in [0.4, 0.5) is 0 Å². The van der Waals surface area contributed by atoms with Gasteiger partial charge in [-0.05, 0) is 54.9 Å². The summed E-state index contributed by atoms with van der Waals surface area (Å²) in [6.45, 7) is 1.95. The lowest BCUT2D eigenvalue weighted by Gasteiger charge is -2.36. The highest BCUT2D eigenvalue weighted by atomic mass is 32.1. The largest absolute Gasteiger partial charge is 0.375 e. The molecule has 2 fully saturated rings. The van der Waals surface area contributed by atoms with Crippen molar-refractivity contribution in [3.63, 3.8) is 0 Å². The first-order valence-electron chi connectivity index (χ1n) is 10.1. The first-order chi connectivity index (χ1) is 14.1. The Kier molecular flexibility index (Phi) is 4.49. The summed E-state index contributed by atoms with van der Waals surface area (Å²) in [6, 6.07) is 17.3. The van der Waals surface area contributed by atoms with Crippen LogP contribution < -0.4 is 0 Å². The highest BCUT2D eigenvalue weighted by molar-refractivity contribution is 7.80. The molecule has 0 amide bonds. The van der Waals surface area contributed by atoms with E-state index in [1.807, 2.05) is 19.2 Å². The average molecular weight is 402 g/mol. The number of fused-ring (bicyclic) bond motifs is 2. The Balaban J connectivity index is 1.52. The molecule has 2 saturated heterocycles. The summed E-state index contributed by atoms with van der Waals surface area (Å²) in [7, 11) is 0. The molecule has 146 valence electrons. The molecule has 5 rings (SSSR count). The summed E-state index contributed by atoms with van der Waals surface area (Å²) in [5.41, 5.74) is 4.79. The zero-order chi connectivity index (χ0) is 20.0. The number of H-pyrrole nitrogens is 1. The number of benzene rings is 2. The van der Waals surface area contributed by atoms with Crippen LogP contribution in [0.5, 0.6) is 0 Å². The molecule has 2 atom stereocenters. The van der Waals surface area contributed by atoms with Gasteiger partial charge >= 0.3 is 0 Å². The van der Waals surface area contributed by atoms with Crippen molar-refractivity contribution in [3.05, 3.63) is 60.0 Å². The maximum absolute atomic E-state index is 10.2. The van der Waals surface area contributed by atoms with Crippen molar-refractivity contribution >= 4 is 12.6 Å². The Morgan fingerprint density at radius 2 is 1.79 bits per heavy atom. The van der Waals surface area contributed by atoms with Crippen LogP contribution >= 0.6 is 12.6 Å². The zero-order valence-corrected chi connectivity index (χ0v) is 17.2. The molecule has 2 unspecified atom stereocenters. The number of nitrogens with zero attached hydrogens (tertiary/aromatic N) is 2. The Bertz CT molecular complexity index is 1080. The number of aromatic nitrogens is 2. The van der Waals surface area contributed by atoms with Crippen LogP contribution in [0.25, 0.3) is 22.4 Å². The number of rotatable bonds is 3. The first-order valence-corrected chi connectivity index (χ1v) is 10.5. The number of imidazole rings is 1. The molecule has 0 radical (unpaired) electrons. The van der Waals surface area contributed by atoms with Crippen molar-refractivity contribution in [1.29, 1.82) is 5.26 Å². The van der Waals surface area contributed by atoms with E-state index < -0.39 is 5.41 Å². The van der Waals surface area contributed by atoms with E-state index in [2.05, 4.69) is 52.4 Å². The summed E-state index contributed by atoms with van der Waals surface area (Å²) in [6.07, 6.45) is 5.88. The van der Waals surface area contributed by atoms with Gasteiger partial charge in [-0.3, -0.25) is 0 Å². The molecule has 5 heteroatoms. The van der Waals surface area contributed by atoms with Crippen LogP contribution in [0.1, 0.15) is 37.1 Å². The monoisotopic (exact) mass is 401 g/mol. The number of hydrogen-bond donors (Lipinski definition) is 2. The number of ether oxygens (including phenoxy) is 1. The molecule has 2 aromatic carbocycles. The maximum atomic E-state index is 10.2. The quantitative estimate of drug-likeness (QED) is 0.574. The second kappa shape index (κ2) is 7.05. The van der Waals surface area contributed by atoms with Gasteiger partial charge in [0.05, 0.1) is 35.6 Å². The summed E-state index contributed by atoms with van der Waals surface area (Å²) in [4.78, 5) is 8.45. The molecular weight excluding hydrogens is 378 g/mol. The van der Waals surface area contributed by atoms with Crippen LogP contribution in [0.15, 0.2) is 53.6 Å². The minimum atomic E-state index is -0.509. The molecule has 1 N–H and O–H groups in total. The topological polar surface area (TPSA) is 61.7 Å². The van der Waals surface area contributed by atoms with Crippen molar-refractivity contribution in [1.82, 2.24) is 9.97 Å². The minimum absolute atomic E-state index is 0.196. The van der Waals surface area contributed by atoms with Gasteiger partial charge in [-0.1, -0.05) is 42.5 Å². The predicted molar refractivity (Wildman–Crippen MR) is 116 cm³/mol. The number of hydrogen-bond acceptors (Lipinski definition) is 4. The Hall–Kier alpha value is -2.55. The van der Waals surface area contributed by atoms with E-state index in [4.69, 9.17) is 17.4 Å². The SMILES string of the molecule is Cc1ncc(-c2ccc(-c3cccc(C4(C#N)CC5CCC(C4)O5)c3S)cc2)[nH]1. The minimum Gasteiger partial charge on any atom is -0.375 e. The molecule has 1 aromatic heterocycles. The lowest BCUT2D eigenvalue weighted by Crippen LogP contribution is -2.38. The van der Waals surface area contributed by atoms with E-state index in [0.29, 0.717) is 0 Å². The second-order valence-corrected chi connectivity index (χ2v) is 8.67. The summed E-state index contributed by atoms with van der Waals surface area (Å²) in [5.74, 6) is 0.904. The van der Waals surface area contributed by atoms with Crippen molar-refractivity contribution < 1.29 is 4.74 Å². The van der Waals surface area contributed by atoms with Gasteiger partial charge in [-0.15, -0.1) is 12.6 Å². The van der Waals surface area contributed by atoms with E-state index in [1.165, 1.54) is 0 Å². The van der Waals surface area contributed by atoms with Gasteiger partial charge in [0.25, 0.3) is 0 Å². The highest BCUT2D eigenvalue weighted by Gasteiger charge is 2.47. The first kappa shape index (κ1) is 18.5. The van der Waals surface area contributed by atoms with Gasteiger partial charge in [0, 0.05) is 4.90 Å². The highest BCUT2D eigenvalue weighted by Crippen LogP contribution is 2.48. The average Bonchev–Trinajstić information content (AvgIpc) is 3.33. The van der Waals surface area contributed by atoms with Gasteiger partial charge in [-0.2, -0.15) is 5.26 Å². The Labute approximate surface area is 176 Å². The van der Waals surface area contributed by atoms with Gasteiger partial charge in [-0.25, -0.2) is 4.98 Å². The summed E-state index contributed by atoms with van der Waals surface area (Å²) >= 11 is 4.91. The molecule has 4 nitrogen and oxygen atoms in total. The van der Waals surface area contributed by atoms with Crippen LogP contribution in [0, 0.1) is 18.3 Å². The van der Waals surface area contributed by atoms with E-state index in [0.717, 1.165) is 64.4 Å². The molecule has 3 aromatic rings. The fraction of sp³-hybridized carbons (Fsp3) is 0.333. The third-order valence-corrected chi connectivity index (χ3v) is 6.80. The predicted octanol–water partition coefficient (Wildman–Crippen LogP) is 5.44. The van der Waals surface area contributed by atoms with Gasteiger partial charge < -0.3 is 9.72 Å². The molecule has 2 aliphatic rings. The molecule has 0 saturated carbocycles. The van der Waals surface area contributed by atoms with Crippen LogP contribution in [-0.2, 0) is 10.2 Å². The molecule has 0 aliphatic carbocycles. The fourth-order valence-electron chi connectivity index (χ4n) is 4.87. The summed E-state index contributed by atoms with van der Waals surface area (Å²) < 4.78 is 6.00. The number of aromatic amines is 1. The smallest absolute Gasteiger partial charge is 0.103 e.